The highest BCUT2D eigenvalue weighted by Gasteiger charge is 2.32. The van der Waals surface area contributed by atoms with Crippen LogP contribution in [-0.4, -0.2) is 52.7 Å². The van der Waals surface area contributed by atoms with Crippen molar-refractivity contribution >= 4 is 34.4 Å². The minimum absolute atomic E-state index is 0.114. The lowest BCUT2D eigenvalue weighted by Gasteiger charge is -2.34. The first kappa shape index (κ1) is 18.2. The number of esters is 1. The zero-order valence-electron chi connectivity index (χ0n) is 13.7. The number of urea groups is 1. The number of anilines is 1. The van der Waals surface area contributed by atoms with Crippen LogP contribution in [0.25, 0.3) is 0 Å². The first-order valence-electron chi connectivity index (χ1n) is 7.78. The van der Waals surface area contributed by atoms with Crippen LogP contribution < -0.4 is 5.32 Å². The van der Waals surface area contributed by atoms with Crippen molar-refractivity contribution in [2.24, 2.45) is 11.8 Å². The molecular formula is C15H21N3O5S. The normalized spacial score (nSPS) is 20.5. The van der Waals surface area contributed by atoms with E-state index in [0.717, 1.165) is 0 Å². The lowest BCUT2D eigenvalue weighted by atomic mass is 9.91. The summed E-state index contributed by atoms with van der Waals surface area (Å²) in [6.45, 7) is 4.68. The van der Waals surface area contributed by atoms with Gasteiger partial charge in [0, 0.05) is 24.2 Å². The van der Waals surface area contributed by atoms with Gasteiger partial charge in [-0.15, -0.1) is 11.3 Å². The summed E-state index contributed by atoms with van der Waals surface area (Å²) in [5, 5.41) is 12.2. The van der Waals surface area contributed by atoms with Gasteiger partial charge < -0.3 is 14.7 Å². The number of carbonyl (C=O) groups is 3. The van der Waals surface area contributed by atoms with Gasteiger partial charge in [0.15, 0.2) is 5.13 Å². The summed E-state index contributed by atoms with van der Waals surface area (Å²) in [6, 6.07) is -0.371. The molecule has 2 heterocycles. The van der Waals surface area contributed by atoms with Crippen LogP contribution >= 0.6 is 11.3 Å². The largest absolute Gasteiger partial charge is 0.481 e. The number of aliphatic carboxylic acids is 1. The van der Waals surface area contributed by atoms with E-state index in [4.69, 9.17) is 9.84 Å². The second-order valence-electron chi connectivity index (χ2n) is 5.82. The molecule has 2 amide bonds. The number of carboxylic acids is 1. The highest BCUT2D eigenvalue weighted by molar-refractivity contribution is 7.15. The molecule has 1 aliphatic heterocycles. The molecule has 2 unspecified atom stereocenters. The average Bonchev–Trinajstić information content (AvgIpc) is 2.93. The summed E-state index contributed by atoms with van der Waals surface area (Å²) in [5.41, 5.74) is 0. The molecule has 2 rings (SSSR count). The van der Waals surface area contributed by atoms with E-state index in [-0.39, 0.29) is 30.9 Å². The number of likely N-dealkylation sites (tertiary alicyclic amines) is 1. The first-order chi connectivity index (χ1) is 11.4. The summed E-state index contributed by atoms with van der Waals surface area (Å²) >= 11 is 1.20. The monoisotopic (exact) mass is 355 g/mol. The zero-order valence-corrected chi connectivity index (χ0v) is 14.5. The Morgan fingerprint density at radius 2 is 2.21 bits per heavy atom. The third-order valence-corrected chi connectivity index (χ3v) is 4.60. The molecule has 0 aliphatic carbocycles. The lowest BCUT2D eigenvalue weighted by Crippen LogP contribution is -2.47. The number of carbonyl (C=O) groups excluding carboxylic acids is 2. The summed E-state index contributed by atoms with van der Waals surface area (Å²) in [4.78, 5) is 41.2. The number of amides is 2. The predicted octanol–water partition coefficient (Wildman–Crippen LogP) is 1.82. The topological polar surface area (TPSA) is 109 Å². The van der Waals surface area contributed by atoms with Crippen LogP contribution in [0.2, 0.25) is 0 Å². The number of nitrogens with zero attached hydrogens (tertiary/aromatic N) is 2. The fourth-order valence-electron chi connectivity index (χ4n) is 2.67. The van der Waals surface area contributed by atoms with Gasteiger partial charge in [0.2, 0.25) is 0 Å². The van der Waals surface area contributed by atoms with E-state index in [1.165, 1.54) is 22.4 Å². The number of hydrogen-bond acceptors (Lipinski definition) is 6. The Morgan fingerprint density at radius 3 is 2.88 bits per heavy atom. The molecule has 0 bridgehead atoms. The van der Waals surface area contributed by atoms with Crippen molar-refractivity contribution in [2.75, 3.05) is 25.0 Å². The Labute approximate surface area is 143 Å². The van der Waals surface area contributed by atoms with E-state index >= 15 is 0 Å². The molecule has 0 radical (unpaired) electrons. The molecule has 1 aliphatic rings. The van der Waals surface area contributed by atoms with Gasteiger partial charge in [-0.05, 0) is 19.3 Å². The van der Waals surface area contributed by atoms with E-state index < -0.39 is 11.9 Å². The molecule has 9 heteroatoms. The maximum atomic E-state index is 12.3. The number of aromatic nitrogens is 1. The maximum Gasteiger partial charge on any atom is 0.323 e. The molecule has 1 fully saturated rings. The molecule has 132 valence electrons. The van der Waals surface area contributed by atoms with Crippen LogP contribution in [-0.2, 0) is 20.7 Å². The van der Waals surface area contributed by atoms with Crippen LogP contribution in [0.5, 0.6) is 0 Å². The summed E-state index contributed by atoms with van der Waals surface area (Å²) < 4.78 is 4.87. The number of ether oxygens (including phenoxy) is 1. The SMILES string of the molecule is CCOC(=O)Cc1cnc(NC(=O)N2CC(C)CC(C(=O)O)C2)s1. The quantitative estimate of drug-likeness (QED) is 0.780. The molecule has 0 spiro atoms. The van der Waals surface area contributed by atoms with Crippen molar-refractivity contribution in [1.29, 1.82) is 0 Å². The molecule has 2 N–H and O–H groups in total. The molecule has 2 atom stereocenters. The minimum Gasteiger partial charge on any atom is -0.481 e. The van der Waals surface area contributed by atoms with Gasteiger partial charge in [-0.2, -0.15) is 0 Å². The smallest absolute Gasteiger partial charge is 0.323 e. The van der Waals surface area contributed by atoms with Gasteiger partial charge in [0.05, 0.1) is 18.9 Å². The van der Waals surface area contributed by atoms with Crippen LogP contribution in [0, 0.1) is 11.8 Å². The van der Waals surface area contributed by atoms with Crippen LogP contribution in [0.3, 0.4) is 0 Å². The van der Waals surface area contributed by atoms with Crippen molar-refractivity contribution in [3.05, 3.63) is 11.1 Å². The van der Waals surface area contributed by atoms with Gasteiger partial charge in [-0.1, -0.05) is 6.92 Å². The highest BCUT2D eigenvalue weighted by atomic mass is 32.1. The van der Waals surface area contributed by atoms with Crippen LogP contribution in [0.15, 0.2) is 6.20 Å². The van der Waals surface area contributed by atoms with Crippen molar-refractivity contribution in [3.63, 3.8) is 0 Å². The van der Waals surface area contributed by atoms with Gasteiger partial charge in [0.25, 0.3) is 0 Å². The number of piperidine rings is 1. The Hall–Kier alpha value is -2.16. The second-order valence-corrected chi connectivity index (χ2v) is 6.94. The molecule has 8 nitrogen and oxygen atoms in total. The Kier molecular flexibility index (Phi) is 6.13. The number of hydrogen-bond donors (Lipinski definition) is 2. The van der Waals surface area contributed by atoms with Crippen LogP contribution in [0.1, 0.15) is 25.1 Å². The fraction of sp³-hybridized carbons (Fsp3) is 0.600. The minimum atomic E-state index is -0.884. The van der Waals surface area contributed by atoms with Crippen LogP contribution in [0.4, 0.5) is 9.93 Å². The van der Waals surface area contributed by atoms with Gasteiger partial charge >= 0.3 is 18.0 Å². The third kappa shape index (κ3) is 4.92. The standard InChI is InChI=1S/C15H21N3O5S/c1-3-23-12(19)5-11-6-16-14(24-11)17-15(22)18-7-9(2)4-10(8-18)13(20)21/h6,9-10H,3-5,7-8H2,1-2H3,(H,20,21)(H,16,17,22). The van der Waals surface area contributed by atoms with E-state index in [0.29, 0.717) is 29.6 Å². The average molecular weight is 355 g/mol. The predicted molar refractivity (Wildman–Crippen MR) is 87.9 cm³/mol. The summed E-state index contributed by atoms with van der Waals surface area (Å²) in [7, 11) is 0. The summed E-state index contributed by atoms with van der Waals surface area (Å²) in [6.07, 6.45) is 2.21. The zero-order chi connectivity index (χ0) is 17.7. The highest BCUT2D eigenvalue weighted by Crippen LogP contribution is 2.24. The van der Waals surface area contributed by atoms with E-state index in [9.17, 15) is 14.4 Å². The molecular weight excluding hydrogens is 334 g/mol. The lowest BCUT2D eigenvalue weighted by molar-refractivity contribution is -0.144. The van der Waals surface area contributed by atoms with Gasteiger partial charge in [-0.3, -0.25) is 14.9 Å². The molecule has 1 aromatic rings. The molecule has 1 aromatic heterocycles. The molecule has 24 heavy (non-hydrogen) atoms. The Balaban J connectivity index is 1.93. The number of nitrogens with one attached hydrogen (secondary N) is 1. The Bertz CT molecular complexity index is 618. The van der Waals surface area contributed by atoms with E-state index in [1.807, 2.05) is 6.92 Å². The van der Waals surface area contributed by atoms with Gasteiger partial charge in [-0.25, -0.2) is 9.78 Å². The fourth-order valence-corrected chi connectivity index (χ4v) is 3.46. The van der Waals surface area contributed by atoms with Crippen molar-refractivity contribution in [1.82, 2.24) is 9.88 Å². The number of carboxylic acid groups (broad SMARTS) is 1. The number of thiazole rings is 1. The number of rotatable bonds is 5. The van der Waals surface area contributed by atoms with E-state index in [1.54, 1.807) is 6.92 Å². The van der Waals surface area contributed by atoms with Crippen molar-refractivity contribution in [3.8, 4) is 0 Å². The van der Waals surface area contributed by atoms with E-state index in [2.05, 4.69) is 10.3 Å². The van der Waals surface area contributed by atoms with Crippen molar-refractivity contribution in [2.45, 2.75) is 26.7 Å². The van der Waals surface area contributed by atoms with Gasteiger partial charge in [0.1, 0.15) is 0 Å². The first-order valence-corrected chi connectivity index (χ1v) is 8.59. The second kappa shape index (κ2) is 8.09. The van der Waals surface area contributed by atoms with Crippen molar-refractivity contribution < 1.29 is 24.2 Å². The molecule has 0 saturated carbocycles. The Morgan fingerprint density at radius 1 is 1.46 bits per heavy atom. The third-order valence-electron chi connectivity index (χ3n) is 3.69. The molecule has 1 saturated heterocycles. The summed E-state index contributed by atoms with van der Waals surface area (Å²) in [5.74, 6) is -1.64. The maximum absolute atomic E-state index is 12.3. The molecule has 0 aromatic carbocycles.